The Kier molecular flexibility index (Phi) is 5.33. The second-order valence-corrected chi connectivity index (χ2v) is 6.69. The molecule has 7 heteroatoms. The molecule has 1 aromatic heterocycles. The van der Waals surface area contributed by atoms with Crippen molar-refractivity contribution in [2.24, 2.45) is 0 Å². The molecule has 3 rings (SSSR count). The van der Waals surface area contributed by atoms with E-state index in [1.807, 2.05) is 16.3 Å². The summed E-state index contributed by atoms with van der Waals surface area (Å²) in [5.41, 5.74) is 0.608. The number of nitrogens with zero attached hydrogens (tertiary/aromatic N) is 1. The van der Waals surface area contributed by atoms with Gasteiger partial charge in [-0.15, -0.1) is 11.3 Å². The number of urea groups is 1. The Morgan fingerprint density at radius 1 is 1.20 bits per heavy atom. The van der Waals surface area contributed by atoms with E-state index in [1.165, 1.54) is 4.88 Å². The van der Waals surface area contributed by atoms with Gasteiger partial charge in [-0.1, -0.05) is 6.07 Å². The number of carbonyl (C=O) groups excluding carboxylic acids is 1. The standard InChI is InChI=1S/C18H22N2O4S/c1-22-14-10-12(11-15(23-2)17(14)24-3)19-18(21)20-8-4-6-13(20)16-7-5-9-25-16/h5,7,9-11,13H,4,6,8H2,1-3H3,(H,19,21)/t13-/m0/s1. The first-order valence-electron chi connectivity index (χ1n) is 8.09. The minimum atomic E-state index is -0.120. The summed E-state index contributed by atoms with van der Waals surface area (Å²) in [4.78, 5) is 15.9. The lowest BCUT2D eigenvalue weighted by Gasteiger charge is -2.24. The van der Waals surface area contributed by atoms with Crippen LogP contribution < -0.4 is 19.5 Å². The lowest BCUT2D eigenvalue weighted by molar-refractivity contribution is 0.208. The highest BCUT2D eigenvalue weighted by molar-refractivity contribution is 7.10. The van der Waals surface area contributed by atoms with E-state index in [2.05, 4.69) is 11.4 Å². The summed E-state index contributed by atoms with van der Waals surface area (Å²) < 4.78 is 16.0. The molecule has 0 saturated carbocycles. The van der Waals surface area contributed by atoms with Gasteiger partial charge in [-0.25, -0.2) is 4.79 Å². The summed E-state index contributed by atoms with van der Waals surface area (Å²) in [6.45, 7) is 0.749. The molecule has 1 saturated heterocycles. The van der Waals surface area contributed by atoms with E-state index >= 15 is 0 Å². The van der Waals surface area contributed by atoms with Gasteiger partial charge in [0.1, 0.15) is 0 Å². The number of hydrogen-bond donors (Lipinski definition) is 1. The maximum Gasteiger partial charge on any atom is 0.322 e. The smallest absolute Gasteiger partial charge is 0.322 e. The number of amides is 2. The van der Waals surface area contributed by atoms with Crippen LogP contribution in [0.4, 0.5) is 10.5 Å². The highest BCUT2D eigenvalue weighted by atomic mass is 32.1. The number of ether oxygens (including phenoxy) is 3. The fraction of sp³-hybridized carbons (Fsp3) is 0.389. The minimum absolute atomic E-state index is 0.120. The average molecular weight is 362 g/mol. The zero-order chi connectivity index (χ0) is 17.8. The van der Waals surface area contributed by atoms with Crippen molar-refractivity contribution >= 4 is 23.1 Å². The molecule has 6 nitrogen and oxygen atoms in total. The first-order valence-corrected chi connectivity index (χ1v) is 8.97. The summed E-state index contributed by atoms with van der Waals surface area (Å²) >= 11 is 1.69. The van der Waals surface area contributed by atoms with Gasteiger partial charge in [0.05, 0.1) is 33.1 Å². The number of anilines is 1. The van der Waals surface area contributed by atoms with Gasteiger partial charge < -0.3 is 24.4 Å². The van der Waals surface area contributed by atoms with Crippen LogP contribution in [0, 0.1) is 0 Å². The summed E-state index contributed by atoms with van der Waals surface area (Å²) in [5, 5.41) is 5.00. The van der Waals surface area contributed by atoms with Crippen molar-refractivity contribution in [1.29, 1.82) is 0 Å². The largest absolute Gasteiger partial charge is 0.493 e. The molecule has 1 aliphatic rings. The molecule has 25 heavy (non-hydrogen) atoms. The molecule has 1 aromatic carbocycles. The van der Waals surface area contributed by atoms with Crippen molar-refractivity contribution in [1.82, 2.24) is 4.90 Å². The Hall–Kier alpha value is -2.41. The average Bonchev–Trinajstić information content (AvgIpc) is 3.31. The summed E-state index contributed by atoms with van der Waals surface area (Å²) in [6, 6.07) is 7.59. The van der Waals surface area contributed by atoms with E-state index in [-0.39, 0.29) is 12.1 Å². The number of nitrogens with one attached hydrogen (secondary N) is 1. The monoisotopic (exact) mass is 362 g/mol. The number of likely N-dealkylation sites (tertiary alicyclic amines) is 1. The molecule has 2 amide bonds. The van der Waals surface area contributed by atoms with Gasteiger partial charge in [0.15, 0.2) is 11.5 Å². The van der Waals surface area contributed by atoms with Crippen LogP contribution >= 0.6 is 11.3 Å². The molecule has 0 spiro atoms. The highest BCUT2D eigenvalue weighted by Crippen LogP contribution is 2.40. The molecule has 2 aromatic rings. The van der Waals surface area contributed by atoms with Crippen molar-refractivity contribution < 1.29 is 19.0 Å². The molecule has 1 N–H and O–H groups in total. The lowest BCUT2D eigenvalue weighted by atomic mass is 10.2. The third-order valence-corrected chi connectivity index (χ3v) is 5.27. The van der Waals surface area contributed by atoms with Crippen LogP contribution in [-0.2, 0) is 0 Å². The predicted molar refractivity (Wildman–Crippen MR) is 98.1 cm³/mol. The van der Waals surface area contributed by atoms with E-state index in [9.17, 15) is 4.79 Å². The molecule has 0 bridgehead atoms. The minimum Gasteiger partial charge on any atom is -0.493 e. The number of rotatable bonds is 5. The Labute approximate surface area is 151 Å². The van der Waals surface area contributed by atoms with Crippen molar-refractivity contribution in [3.8, 4) is 17.2 Å². The number of thiophene rings is 1. The van der Waals surface area contributed by atoms with E-state index in [0.29, 0.717) is 22.9 Å². The van der Waals surface area contributed by atoms with Crippen LogP contribution in [0.25, 0.3) is 0 Å². The topological polar surface area (TPSA) is 60.0 Å². The Bertz CT molecular complexity index is 708. The van der Waals surface area contributed by atoms with Crippen molar-refractivity contribution in [2.45, 2.75) is 18.9 Å². The molecular formula is C18H22N2O4S. The predicted octanol–water partition coefficient (Wildman–Crippen LogP) is 4.14. The van der Waals surface area contributed by atoms with Crippen LogP contribution in [0.15, 0.2) is 29.6 Å². The molecule has 134 valence electrons. The Morgan fingerprint density at radius 2 is 1.92 bits per heavy atom. The summed E-state index contributed by atoms with van der Waals surface area (Å²) in [6.07, 6.45) is 1.99. The molecule has 2 heterocycles. The third-order valence-electron chi connectivity index (χ3n) is 4.30. The molecule has 1 fully saturated rings. The molecular weight excluding hydrogens is 340 g/mol. The van der Waals surface area contributed by atoms with E-state index in [1.54, 1.807) is 44.8 Å². The second-order valence-electron chi connectivity index (χ2n) is 5.71. The van der Waals surface area contributed by atoms with Gasteiger partial charge in [0.25, 0.3) is 0 Å². The number of benzene rings is 1. The third kappa shape index (κ3) is 3.51. The van der Waals surface area contributed by atoms with Gasteiger partial charge in [0.2, 0.25) is 5.75 Å². The molecule has 0 unspecified atom stereocenters. The lowest BCUT2D eigenvalue weighted by Crippen LogP contribution is -2.34. The normalized spacial score (nSPS) is 16.6. The number of hydrogen-bond acceptors (Lipinski definition) is 5. The van der Waals surface area contributed by atoms with Crippen molar-refractivity contribution in [3.63, 3.8) is 0 Å². The first-order chi connectivity index (χ1) is 12.2. The second kappa shape index (κ2) is 7.65. The van der Waals surface area contributed by atoms with Gasteiger partial charge in [0, 0.05) is 23.6 Å². The van der Waals surface area contributed by atoms with Crippen molar-refractivity contribution in [2.75, 3.05) is 33.2 Å². The van der Waals surface area contributed by atoms with Crippen LogP contribution in [-0.4, -0.2) is 38.8 Å². The Morgan fingerprint density at radius 3 is 2.48 bits per heavy atom. The number of carbonyl (C=O) groups is 1. The molecule has 1 atom stereocenters. The Balaban J connectivity index is 1.81. The van der Waals surface area contributed by atoms with E-state index < -0.39 is 0 Å². The van der Waals surface area contributed by atoms with Gasteiger partial charge in [-0.3, -0.25) is 0 Å². The first kappa shape index (κ1) is 17.4. The zero-order valence-corrected chi connectivity index (χ0v) is 15.4. The summed E-state index contributed by atoms with van der Waals surface area (Å²) in [5.74, 6) is 1.52. The molecule has 0 aliphatic carbocycles. The molecule has 1 aliphatic heterocycles. The maximum absolute atomic E-state index is 12.8. The van der Waals surface area contributed by atoms with Crippen LogP contribution in [0.1, 0.15) is 23.8 Å². The van der Waals surface area contributed by atoms with Crippen LogP contribution in [0.2, 0.25) is 0 Å². The van der Waals surface area contributed by atoms with Gasteiger partial charge in [-0.2, -0.15) is 0 Å². The van der Waals surface area contributed by atoms with Crippen molar-refractivity contribution in [3.05, 3.63) is 34.5 Å². The highest BCUT2D eigenvalue weighted by Gasteiger charge is 2.30. The van der Waals surface area contributed by atoms with E-state index in [0.717, 1.165) is 19.4 Å². The fourth-order valence-corrected chi connectivity index (χ4v) is 4.01. The summed E-state index contributed by atoms with van der Waals surface area (Å²) in [7, 11) is 4.65. The maximum atomic E-state index is 12.8. The van der Waals surface area contributed by atoms with Crippen LogP contribution in [0.5, 0.6) is 17.2 Å². The quantitative estimate of drug-likeness (QED) is 0.868. The molecule has 0 radical (unpaired) electrons. The van der Waals surface area contributed by atoms with Crippen LogP contribution in [0.3, 0.4) is 0 Å². The zero-order valence-electron chi connectivity index (χ0n) is 14.6. The van der Waals surface area contributed by atoms with E-state index in [4.69, 9.17) is 14.2 Å². The van der Waals surface area contributed by atoms with Gasteiger partial charge >= 0.3 is 6.03 Å². The van der Waals surface area contributed by atoms with Gasteiger partial charge in [-0.05, 0) is 24.3 Å². The SMILES string of the molecule is COc1cc(NC(=O)N2CCC[C@H]2c2cccs2)cc(OC)c1OC. The fourth-order valence-electron chi connectivity index (χ4n) is 3.13. The number of methoxy groups -OCH3 is 3.